The zero-order chi connectivity index (χ0) is 17.6. The zero-order valence-corrected chi connectivity index (χ0v) is 15.3. The van der Waals surface area contributed by atoms with Crippen molar-refractivity contribution in [1.29, 1.82) is 0 Å². The molecule has 3 heteroatoms. The summed E-state index contributed by atoms with van der Waals surface area (Å²) >= 11 is 0. The van der Waals surface area contributed by atoms with E-state index < -0.39 is 0 Å². The Labute approximate surface area is 151 Å². The summed E-state index contributed by atoms with van der Waals surface area (Å²) in [6.45, 7) is 4.49. The maximum absolute atomic E-state index is 9.50. The lowest BCUT2D eigenvalue weighted by atomic mass is 9.89. The molecule has 2 unspecified atom stereocenters. The van der Waals surface area contributed by atoms with Crippen molar-refractivity contribution in [2.75, 3.05) is 20.2 Å². The monoisotopic (exact) mass is 339 g/mol. The summed E-state index contributed by atoms with van der Waals surface area (Å²) in [5.41, 5.74) is 2.58. The molecule has 0 radical (unpaired) electrons. The minimum atomic E-state index is 0.0336. The van der Waals surface area contributed by atoms with Gasteiger partial charge >= 0.3 is 0 Å². The third-order valence-corrected chi connectivity index (χ3v) is 5.51. The lowest BCUT2D eigenvalue weighted by molar-refractivity contribution is 0.00672. The number of ether oxygens (including phenoxy) is 1. The summed E-state index contributed by atoms with van der Waals surface area (Å²) < 4.78 is 5.79. The van der Waals surface area contributed by atoms with Gasteiger partial charge in [-0.25, -0.2) is 0 Å². The fraction of sp³-hybridized carbons (Fsp3) is 0.455. The number of methoxy groups -OCH3 is 1. The molecule has 1 N–H and O–H groups in total. The van der Waals surface area contributed by atoms with Gasteiger partial charge in [0.15, 0.2) is 0 Å². The second-order valence-corrected chi connectivity index (χ2v) is 7.16. The number of phenolic OH excluding ortho intramolecular Hbond substituents is 1. The van der Waals surface area contributed by atoms with Crippen LogP contribution in [-0.4, -0.2) is 36.2 Å². The molecule has 2 aromatic rings. The number of piperidine rings is 1. The van der Waals surface area contributed by atoms with E-state index in [0.29, 0.717) is 11.8 Å². The van der Waals surface area contributed by atoms with Gasteiger partial charge in [-0.15, -0.1) is 0 Å². The standard InChI is InChI=1S/C22H29NO2/c1-17(22(25-2)20-8-10-21(24)11-9-20)23-14-12-19(13-15-23)16-18-6-4-3-5-7-18/h3-11,17,19,22,24H,12-16H2,1-2H3. The molecule has 0 spiro atoms. The van der Waals surface area contributed by atoms with Crippen LogP contribution in [0.5, 0.6) is 5.75 Å². The van der Waals surface area contributed by atoms with Crippen LogP contribution in [0.25, 0.3) is 0 Å². The fourth-order valence-corrected chi connectivity index (χ4v) is 3.98. The second kappa shape index (κ2) is 8.50. The SMILES string of the molecule is COC(c1ccc(O)cc1)C(C)N1CCC(Cc2ccccc2)CC1. The van der Waals surface area contributed by atoms with E-state index in [1.807, 2.05) is 12.1 Å². The van der Waals surface area contributed by atoms with Crippen molar-refractivity contribution >= 4 is 0 Å². The van der Waals surface area contributed by atoms with Crippen LogP contribution in [0.2, 0.25) is 0 Å². The molecule has 134 valence electrons. The van der Waals surface area contributed by atoms with Crippen LogP contribution < -0.4 is 0 Å². The van der Waals surface area contributed by atoms with Crippen LogP contribution in [0.15, 0.2) is 54.6 Å². The number of nitrogens with zero attached hydrogens (tertiary/aromatic N) is 1. The molecule has 1 aliphatic heterocycles. The van der Waals surface area contributed by atoms with Crippen molar-refractivity contribution in [2.24, 2.45) is 5.92 Å². The third-order valence-electron chi connectivity index (χ3n) is 5.51. The summed E-state index contributed by atoms with van der Waals surface area (Å²) in [5.74, 6) is 1.08. The van der Waals surface area contributed by atoms with E-state index in [4.69, 9.17) is 4.74 Å². The molecule has 1 saturated heterocycles. The third kappa shape index (κ3) is 4.62. The van der Waals surface area contributed by atoms with E-state index in [1.165, 1.54) is 24.8 Å². The Bertz CT molecular complexity index is 633. The quantitative estimate of drug-likeness (QED) is 0.845. The highest BCUT2D eigenvalue weighted by atomic mass is 16.5. The lowest BCUT2D eigenvalue weighted by Crippen LogP contribution is -2.43. The molecule has 2 aromatic carbocycles. The van der Waals surface area contributed by atoms with Crippen LogP contribution in [-0.2, 0) is 11.2 Å². The summed E-state index contributed by atoms with van der Waals surface area (Å²) in [6, 6.07) is 18.5. The molecular weight excluding hydrogens is 310 g/mol. The number of likely N-dealkylation sites (tertiary alicyclic amines) is 1. The number of benzene rings is 2. The summed E-state index contributed by atoms with van der Waals surface area (Å²) in [5, 5.41) is 9.50. The van der Waals surface area contributed by atoms with Crippen LogP contribution in [0, 0.1) is 5.92 Å². The minimum absolute atomic E-state index is 0.0336. The van der Waals surface area contributed by atoms with Gasteiger partial charge < -0.3 is 9.84 Å². The first-order valence-corrected chi connectivity index (χ1v) is 9.27. The summed E-state index contributed by atoms with van der Waals surface area (Å²) in [6.07, 6.45) is 3.71. The highest BCUT2D eigenvalue weighted by Gasteiger charge is 2.28. The maximum Gasteiger partial charge on any atom is 0.115 e. The molecule has 0 aromatic heterocycles. The van der Waals surface area contributed by atoms with Gasteiger partial charge in [0.05, 0.1) is 6.10 Å². The van der Waals surface area contributed by atoms with Crippen LogP contribution in [0.3, 0.4) is 0 Å². The Kier molecular flexibility index (Phi) is 6.11. The zero-order valence-electron chi connectivity index (χ0n) is 15.3. The van der Waals surface area contributed by atoms with E-state index in [0.717, 1.165) is 24.6 Å². The van der Waals surface area contributed by atoms with Crippen molar-refractivity contribution in [3.05, 3.63) is 65.7 Å². The Balaban J connectivity index is 1.56. The van der Waals surface area contributed by atoms with E-state index in [1.54, 1.807) is 19.2 Å². The topological polar surface area (TPSA) is 32.7 Å². The van der Waals surface area contributed by atoms with E-state index in [9.17, 15) is 5.11 Å². The van der Waals surface area contributed by atoms with Gasteiger partial charge in [-0.1, -0.05) is 42.5 Å². The molecular formula is C22H29NO2. The molecule has 1 fully saturated rings. The highest BCUT2D eigenvalue weighted by Crippen LogP contribution is 2.30. The second-order valence-electron chi connectivity index (χ2n) is 7.16. The molecule has 0 amide bonds. The van der Waals surface area contributed by atoms with Gasteiger partial charge in [0.1, 0.15) is 5.75 Å². The van der Waals surface area contributed by atoms with E-state index in [-0.39, 0.29) is 6.10 Å². The molecule has 3 nitrogen and oxygen atoms in total. The van der Waals surface area contributed by atoms with Crippen molar-refractivity contribution < 1.29 is 9.84 Å². The average Bonchev–Trinajstić information content (AvgIpc) is 2.65. The van der Waals surface area contributed by atoms with Crippen molar-refractivity contribution in [2.45, 2.75) is 38.3 Å². The minimum Gasteiger partial charge on any atom is -0.508 e. The van der Waals surface area contributed by atoms with Gasteiger partial charge in [-0.2, -0.15) is 0 Å². The molecule has 1 heterocycles. The fourth-order valence-electron chi connectivity index (χ4n) is 3.98. The summed E-state index contributed by atoms with van der Waals surface area (Å²) in [7, 11) is 1.77. The number of rotatable bonds is 6. The molecule has 0 bridgehead atoms. The van der Waals surface area contributed by atoms with Crippen molar-refractivity contribution in [1.82, 2.24) is 4.90 Å². The lowest BCUT2D eigenvalue weighted by Gasteiger charge is -2.39. The van der Waals surface area contributed by atoms with Crippen LogP contribution in [0.4, 0.5) is 0 Å². The molecule has 3 rings (SSSR count). The van der Waals surface area contributed by atoms with E-state index >= 15 is 0 Å². The normalized spacial score (nSPS) is 18.8. The Hall–Kier alpha value is -1.84. The molecule has 0 aliphatic carbocycles. The predicted octanol–water partition coefficient (Wildman–Crippen LogP) is 4.42. The average molecular weight is 339 g/mol. The maximum atomic E-state index is 9.50. The van der Waals surface area contributed by atoms with Gasteiger partial charge in [-0.3, -0.25) is 4.90 Å². The summed E-state index contributed by atoms with van der Waals surface area (Å²) in [4.78, 5) is 2.54. The van der Waals surface area contributed by atoms with Crippen molar-refractivity contribution in [3.8, 4) is 5.75 Å². The first-order chi connectivity index (χ1) is 12.2. The van der Waals surface area contributed by atoms with Crippen LogP contribution >= 0.6 is 0 Å². The van der Waals surface area contributed by atoms with Crippen molar-refractivity contribution in [3.63, 3.8) is 0 Å². The molecule has 25 heavy (non-hydrogen) atoms. The molecule has 0 saturated carbocycles. The van der Waals surface area contributed by atoms with Gasteiger partial charge in [0, 0.05) is 13.2 Å². The Morgan fingerprint density at radius 2 is 1.68 bits per heavy atom. The van der Waals surface area contributed by atoms with Gasteiger partial charge in [0.2, 0.25) is 0 Å². The highest BCUT2D eigenvalue weighted by molar-refractivity contribution is 5.28. The number of hydrogen-bond acceptors (Lipinski definition) is 3. The smallest absolute Gasteiger partial charge is 0.115 e. The first kappa shape index (κ1) is 18.0. The number of hydrogen-bond donors (Lipinski definition) is 1. The largest absolute Gasteiger partial charge is 0.508 e. The Morgan fingerprint density at radius 3 is 2.28 bits per heavy atom. The number of aromatic hydroxyl groups is 1. The molecule has 2 atom stereocenters. The number of phenols is 1. The Morgan fingerprint density at radius 1 is 1.04 bits per heavy atom. The van der Waals surface area contributed by atoms with Gasteiger partial charge in [-0.05, 0) is 68.5 Å². The predicted molar refractivity (Wildman–Crippen MR) is 102 cm³/mol. The van der Waals surface area contributed by atoms with Crippen LogP contribution in [0.1, 0.15) is 37.0 Å². The van der Waals surface area contributed by atoms with E-state index in [2.05, 4.69) is 42.2 Å². The van der Waals surface area contributed by atoms with Gasteiger partial charge in [0.25, 0.3) is 0 Å². The first-order valence-electron chi connectivity index (χ1n) is 9.27. The molecule has 1 aliphatic rings.